The Kier molecular flexibility index (Phi) is 18.8. The highest BCUT2D eigenvalue weighted by atomic mass is 16.3. The highest BCUT2D eigenvalue weighted by Crippen LogP contribution is 2.11. The van der Waals surface area contributed by atoms with Crippen LogP contribution in [0.25, 0.3) is 0 Å². The van der Waals surface area contributed by atoms with Crippen molar-refractivity contribution in [1.29, 1.82) is 0 Å². The van der Waals surface area contributed by atoms with E-state index < -0.39 is 5.91 Å². The fourth-order valence-electron chi connectivity index (χ4n) is 3.91. The van der Waals surface area contributed by atoms with Crippen LogP contribution in [0.4, 0.5) is 0 Å². The number of primary amides is 1. The number of amides is 2. The second kappa shape index (κ2) is 21.8. The van der Waals surface area contributed by atoms with Gasteiger partial charge in [0.05, 0.1) is 0 Å². The minimum absolute atomic E-state index is 0.0623. The molecule has 2 aromatic carbocycles. The van der Waals surface area contributed by atoms with Gasteiger partial charge < -0.3 is 21.3 Å². The summed E-state index contributed by atoms with van der Waals surface area (Å²) in [7, 11) is 0. The zero-order chi connectivity index (χ0) is 27.8. The molecule has 2 aromatic rings. The number of benzene rings is 2. The summed E-state index contributed by atoms with van der Waals surface area (Å²) in [5.41, 5.74) is 5.94. The van der Waals surface area contributed by atoms with E-state index in [0.717, 1.165) is 13.0 Å². The molecular formula is C32H48N2O4. The van der Waals surface area contributed by atoms with Crippen LogP contribution in [0.5, 0.6) is 11.5 Å². The van der Waals surface area contributed by atoms with Crippen LogP contribution in [-0.4, -0.2) is 28.6 Å². The SMILES string of the molecule is CCCCCCCC/C=C\CCCCCCCCNC(=O)c1ccc(O)cc1.NC(=O)c1ccc(O)cc1. The first kappa shape index (κ1) is 32.7. The first-order valence-electron chi connectivity index (χ1n) is 14.2. The Labute approximate surface area is 229 Å². The molecule has 0 atom stereocenters. The van der Waals surface area contributed by atoms with Crippen LogP contribution in [-0.2, 0) is 0 Å². The number of phenols is 2. The van der Waals surface area contributed by atoms with Gasteiger partial charge in [0.25, 0.3) is 5.91 Å². The van der Waals surface area contributed by atoms with E-state index in [-0.39, 0.29) is 17.4 Å². The molecule has 0 saturated carbocycles. The number of allylic oxidation sites excluding steroid dienone is 2. The third-order valence-corrected chi connectivity index (χ3v) is 6.26. The van der Waals surface area contributed by atoms with Gasteiger partial charge in [0.15, 0.2) is 0 Å². The van der Waals surface area contributed by atoms with E-state index in [0.29, 0.717) is 11.1 Å². The number of carbonyl (C=O) groups excluding carboxylic acids is 2. The lowest BCUT2D eigenvalue weighted by molar-refractivity contribution is 0.0951. The lowest BCUT2D eigenvalue weighted by Gasteiger charge is -2.05. The first-order chi connectivity index (χ1) is 18.4. The number of hydrogen-bond donors (Lipinski definition) is 4. The van der Waals surface area contributed by atoms with E-state index in [1.807, 2.05) is 0 Å². The highest BCUT2D eigenvalue weighted by Gasteiger charge is 2.04. The molecule has 0 heterocycles. The molecule has 210 valence electrons. The zero-order valence-corrected chi connectivity index (χ0v) is 23.2. The third-order valence-electron chi connectivity index (χ3n) is 6.26. The van der Waals surface area contributed by atoms with Gasteiger partial charge in [-0.1, -0.05) is 76.9 Å². The van der Waals surface area contributed by atoms with E-state index in [1.165, 1.54) is 108 Å². The van der Waals surface area contributed by atoms with Crippen molar-refractivity contribution in [1.82, 2.24) is 5.32 Å². The van der Waals surface area contributed by atoms with Crippen molar-refractivity contribution in [3.63, 3.8) is 0 Å². The molecule has 0 aliphatic carbocycles. The maximum atomic E-state index is 11.9. The molecule has 0 saturated heterocycles. The molecule has 0 radical (unpaired) electrons. The number of hydrogen-bond acceptors (Lipinski definition) is 4. The average Bonchev–Trinajstić information content (AvgIpc) is 2.91. The number of rotatable bonds is 18. The van der Waals surface area contributed by atoms with Crippen molar-refractivity contribution in [3.05, 3.63) is 71.8 Å². The van der Waals surface area contributed by atoms with Gasteiger partial charge >= 0.3 is 0 Å². The second-order valence-electron chi connectivity index (χ2n) is 9.65. The predicted molar refractivity (Wildman–Crippen MR) is 157 cm³/mol. The highest BCUT2D eigenvalue weighted by molar-refractivity contribution is 5.94. The molecule has 6 heteroatoms. The Morgan fingerprint density at radius 1 is 0.658 bits per heavy atom. The molecule has 5 N–H and O–H groups in total. The minimum atomic E-state index is -0.486. The van der Waals surface area contributed by atoms with Crippen LogP contribution in [0.1, 0.15) is 118 Å². The molecule has 0 fully saturated rings. The Bertz CT molecular complexity index is 908. The van der Waals surface area contributed by atoms with Gasteiger partial charge in [0, 0.05) is 17.7 Å². The largest absolute Gasteiger partial charge is 0.508 e. The maximum Gasteiger partial charge on any atom is 0.251 e. The third kappa shape index (κ3) is 17.2. The summed E-state index contributed by atoms with van der Waals surface area (Å²) in [6.45, 7) is 2.99. The monoisotopic (exact) mass is 524 g/mol. The summed E-state index contributed by atoms with van der Waals surface area (Å²) in [4.78, 5) is 22.4. The number of carbonyl (C=O) groups is 2. The average molecular weight is 525 g/mol. The molecule has 0 aliphatic rings. The standard InChI is InChI=1S/C25H41NO2.C7H7NO2/c1-2-3-4-5-6-7-8-9-10-11-12-13-14-15-16-17-22-26-25(28)23-18-20-24(27)21-19-23;8-7(10)5-1-3-6(9)4-2-5/h9-10,18-21,27H,2-8,11-17,22H2,1H3,(H,26,28);1-4,9H,(H2,8,10)/b10-9-;. The van der Waals surface area contributed by atoms with Crippen molar-refractivity contribution in [2.24, 2.45) is 5.73 Å². The Morgan fingerprint density at radius 3 is 1.55 bits per heavy atom. The summed E-state index contributed by atoms with van der Waals surface area (Å²) >= 11 is 0. The van der Waals surface area contributed by atoms with E-state index in [4.69, 9.17) is 10.8 Å². The summed E-state index contributed by atoms with van der Waals surface area (Å²) in [6, 6.07) is 12.1. The number of nitrogens with two attached hydrogens (primary N) is 1. The van der Waals surface area contributed by atoms with Gasteiger partial charge in [-0.2, -0.15) is 0 Å². The molecule has 0 aromatic heterocycles. The Hall–Kier alpha value is -3.28. The fourth-order valence-corrected chi connectivity index (χ4v) is 3.91. The summed E-state index contributed by atoms with van der Waals surface area (Å²) < 4.78 is 0. The second-order valence-corrected chi connectivity index (χ2v) is 9.65. The van der Waals surface area contributed by atoms with Crippen molar-refractivity contribution in [2.75, 3.05) is 6.54 Å². The Balaban J connectivity index is 0.000000600. The van der Waals surface area contributed by atoms with E-state index in [9.17, 15) is 14.7 Å². The number of nitrogens with one attached hydrogen (secondary N) is 1. The van der Waals surface area contributed by atoms with Crippen LogP contribution >= 0.6 is 0 Å². The van der Waals surface area contributed by atoms with Crippen molar-refractivity contribution < 1.29 is 19.8 Å². The van der Waals surface area contributed by atoms with Crippen LogP contribution in [0.3, 0.4) is 0 Å². The van der Waals surface area contributed by atoms with E-state index in [2.05, 4.69) is 24.4 Å². The van der Waals surface area contributed by atoms with E-state index in [1.54, 1.807) is 24.3 Å². The quantitative estimate of drug-likeness (QED) is 0.118. The Morgan fingerprint density at radius 2 is 1.08 bits per heavy atom. The topological polar surface area (TPSA) is 113 Å². The van der Waals surface area contributed by atoms with Crippen LogP contribution in [0.2, 0.25) is 0 Å². The minimum Gasteiger partial charge on any atom is -0.508 e. The first-order valence-corrected chi connectivity index (χ1v) is 14.2. The zero-order valence-electron chi connectivity index (χ0n) is 23.2. The molecule has 38 heavy (non-hydrogen) atoms. The smallest absolute Gasteiger partial charge is 0.251 e. The van der Waals surface area contributed by atoms with Gasteiger partial charge in [-0.3, -0.25) is 9.59 Å². The lowest BCUT2D eigenvalue weighted by Crippen LogP contribution is -2.24. The number of phenolic OH excluding ortho intramolecular Hbond substituents is 2. The van der Waals surface area contributed by atoms with Crippen molar-refractivity contribution in [3.8, 4) is 11.5 Å². The maximum absolute atomic E-state index is 11.9. The molecular weight excluding hydrogens is 476 g/mol. The molecule has 0 aliphatic heterocycles. The normalized spacial score (nSPS) is 10.7. The molecule has 6 nitrogen and oxygen atoms in total. The summed E-state index contributed by atoms with van der Waals surface area (Å²) in [5, 5.41) is 21.0. The predicted octanol–water partition coefficient (Wildman–Crippen LogP) is 7.65. The van der Waals surface area contributed by atoms with Crippen LogP contribution in [0, 0.1) is 0 Å². The van der Waals surface area contributed by atoms with Gasteiger partial charge in [-0.15, -0.1) is 0 Å². The van der Waals surface area contributed by atoms with Gasteiger partial charge in [-0.05, 0) is 80.6 Å². The molecule has 0 bridgehead atoms. The molecule has 0 unspecified atom stereocenters. The summed E-state index contributed by atoms with van der Waals surface area (Å²) in [6.07, 6.45) is 22.8. The van der Waals surface area contributed by atoms with Crippen LogP contribution < -0.4 is 11.1 Å². The van der Waals surface area contributed by atoms with E-state index >= 15 is 0 Å². The summed E-state index contributed by atoms with van der Waals surface area (Å²) in [5.74, 6) is -0.234. The number of unbranched alkanes of at least 4 members (excludes halogenated alkanes) is 12. The van der Waals surface area contributed by atoms with Gasteiger partial charge in [0.1, 0.15) is 11.5 Å². The fraction of sp³-hybridized carbons (Fsp3) is 0.500. The molecule has 2 amide bonds. The van der Waals surface area contributed by atoms with Crippen molar-refractivity contribution >= 4 is 11.8 Å². The lowest BCUT2D eigenvalue weighted by atomic mass is 10.1. The van der Waals surface area contributed by atoms with Crippen molar-refractivity contribution in [2.45, 2.75) is 96.8 Å². The van der Waals surface area contributed by atoms with Crippen LogP contribution in [0.15, 0.2) is 60.7 Å². The number of aromatic hydroxyl groups is 2. The van der Waals surface area contributed by atoms with Gasteiger partial charge in [0.2, 0.25) is 5.91 Å². The molecule has 0 spiro atoms. The molecule has 2 rings (SSSR count). The van der Waals surface area contributed by atoms with Gasteiger partial charge in [-0.25, -0.2) is 0 Å².